The van der Waals surface area contributed by atoms with Crippen molar-refractivity contribution in [1.29, 1.82) is 5.26 Å². The molecule has 0 saturated carbocycles. The van der Waals surface area contributed by atoms with E-state index in [0.717, 1.165) is 45.6 Å². The molecule has 1 aliphatic rings. The minimum absolute atomic E-state index is 0.224. The standard InChI is InChI=1S/C25H25BrN4/c1-5-8-22-29(4)24-16(2)23(26)17(3)28-25(24)30(22)20-13-11-18(12-14-20)21-10-7-6-9-19(21)15-27/h6-7,9-14,22H,5,8H2,1-4H3. The lowest BCUT2D eigenvalue weighted by Gasteiger charge is -2.30. The molecule has 1 aromatic heterocycles. The van der Waals surface area contributed by atoms with Gasteiger partial charge < -0.3 is 9.80 Å². The molecule has 152 valence electrons. The third kappa shape index (κ3) is 3.26. The Kier molecular flexibility index (Phi) is 5.53. The summed E-state index contributed by atoms with van der Waals surface area (Å²) in [5.41, 5.74) is 7.23. The van der Waals surface area contributed by atoms with Gasteiger partial charge in [-0.3, -0.25) is 0 Å². The van der Waals surface area contributed by atoms with Crippen molar-refractivity contribution in [2.75, 3.05) is 16.8 Å². The molecule has 0 radical (unpaired) electrons. The van der Waals surface area contributed by atoms with Gasteiger partial charge in [-0.2, -0.15) is 5.26 Å². The van der Waals surface area contributed by atoms with E-state index in [1.165, 1.54) is 11.3 Å². The topological polar surface area (TPSA) is 43.2 Å². The predicted molar refractivity (Wildman–Crippen MR) is 127 cm³/mol. The first-order valence-electron chi connectivity index (χ1n) is 10.3. The van der Waals surface area contributed by atoms with E-state index in [4.69, 9.17) is 4.98 Å². The van der Waals surface area contributed by atoms with Crippen molar-refractivity contribution in [3.05, 3.63) is 69.8 Å². The fraction of sp³-hybridized carbons (Fsp3) is 0.280. The normalized spacial score (nSPS) is 15.3. The second kappa shape index (κ2) is 8.12. The summed E-state index contributed by atoms with van der Waals surface area (Å²) in [6.07, 6.45) is 2.36. The molecule has 0 bridgehead atoms. The van der Waals surface area contributed by atoms with Gasteiger partial charge in [-0.25, -0.2) is 4.98 Å². The van der Waals surface area contributed by atoms with Crippen LogP contribution < -0.4 is 9.80 Å². The Morgan fingerprint density at radius 2 is 1.80 bits per heavy atom. The van der Waals surface area contributed by atoms with Crippen LogP contribution in [-0.2, 0) is 0 Å². The van der Waals surface area contributed by atoms with E-state index in [-0.39, 0.29) is 6.17 Å². The molecule has 5 heteroatoms. The van der Waals surface area contributed by atoms with Gasteiger partial charge in [0.1, 0.15) is 6.17 Å². The summed E-state index contributed by atoms with van der Waals surface area (Å²) >= 11 is 3.71. The lowest BCUT2D eigenvalue weighted by atomic mass is 10.00. The lowest BCUT2D eigenvalue weighted by molar-refractivity contribution is 0.600. The fourth-order valence-corrected chi connectivity index (χ4v) is 4.64. The monoisotopic (exact) mass is 460 g/mol. The minimum atomic E-state index is 0.224. The number of fused-ring (bicyclic) bond motifs is 1. The quantitative estimate of drug-likeness (QED) is 0.433. The van der Waals surface area contributed by atoms with Gasteiger partial charge in [-0.1, -0.05) is 43.7 Å². The number of aryl methyl sites for hydroxylation is 1. The molecule has 0 fully saturated rings. The molecule has 1 unspecified atom stereocenters. The van der Waals surface area contributed by atoms with Crippen LogP contribution in [0, 0.1) is 25.2 Å². The van der Waals surface area contributed by atoms with Crippen molar-refractivity contribution in [3.8, 4) is 17.2 Å². The first-order valence-corrected chi connectivity index (χ1v) is 11.1. The second-order valence-corrected chi connectivity index (χ2v) is 8.56. The van der Waals surface area contributed by atoms with Gasteiger partial charge in [0.2, 0.25) is 0 Å². The molecule has 3 aromatic rings. The van der Waals surface area contributed by atoms with Gasteiger partial charge in [0.25, 0.3) is 0 Å². The molecule has 1 aliphatic heterocycles. The maximum Gasteiger partial charge on any atom is 0.159 e. The van der Waals surface area contributed by atoms with Crippen LogP contribution >= 0.6 is 15.9 Å². The van der Waals surface area contributed by atoms with Crippen LogP contribution in [0.3, 0.4) is 0 Å². The average molecular weight is 461 g/mol. The zero-order valence-electron chi connectivity index (χ0n) is 17.8. The molecule has 0 saturated heterocycles. The van der Waals surface area contributed by atoms with Gasteiger partial charge in [-0.15, -0.1) is 0 Å². The van der Waals surface area contributed by atoms with E-state index in [9.17, 15) is 5.26 Å². The molecule has 4 rings (SSSR count). The van der Waals surface area contributed by atoms with Crippen LogP contribution in [0.25, 0.3) is 11.1 Å². The predicted octanol–water partition coefficient (Wildman–Crippen LogP) is 6.71. The van der Waals surface area contributed by atoms with E-state index in [1.807, 2.05) is 31.2 Å². The smallest absolute Gasteiger partial charge is 0.159 e. The first kappa shape index (κ1) is 20.4. The fourth-order valence-electron chi connectivity index (χ4n) is 4.37. The molecule has 2 heterocycles. The van der Waals surface area contributed by atoms with Crippen molar-refractivity contribution in [3.63, 3.8) is 0 Å². The van der Waals surface area contributed by atoms with Crippen LogP contribution in [-0.4, -0.2) is 18.2 Å². The van der Waals surface area contributed by atoms with Gasteiger partial charge >= 0.3 is 0 Å². The molecular formula is C25H25BrN4. The van der Waals surface area contributed by atoms with Crippen LogP contribution in [0.5, 0.6) is 0 Å². The molecule has 2 aromatic carbocycles. The van der Waals surface area contributed by atoms with Crippen LogP contribution in [0.2, 0.25) is 0 Å². The van der Waals surface area contributed by atoms with Crippen molar-refractivity contribution in [2.45, 2.75) is 39.8 Å². The largest absolute Gasteiger partial charge is 0.351 e. The van der Waals surface area contributed by atoms with Gasteiger partial charge in [0.05, 0.1) is 23.0 Å². The summed E-state index contributed by atoms with van der Waals surface area (Å²) in [5, 5.41) is 9.44. The Hall–Kier alpha value is -2.84. The number of pyridine rings is 1. The number of hydrogen-bond acceptors (Lipinski definition) is 4. The highest BCUT2D eigenvalue weighted by atomic mass is 79.9. The number of anilines is 3. The third-order valence-corrected chi connectivity index (χ3v) is 7.03. The number of aromatic nitrogens is 1. The molecule has 0 N–H and O–H groups in total. The van der Waals surface area contributed by atoms with Crippen LogP contribution in [0.4, 0.5) is 17.2 Å². The highest BCUT2D eigenvalue weighted by molar-refractivity contribution is 9.10. The number of hydrogen-bond donors (Lipinski definition) is 0. The molecule has 4 nitrogen and oxygen atoms in total. The van der Waals surface area contributed by atoms with Crippen molar-refractivity contribution in [2.24, 2.45) is 0 Å². The highest BCUT2D eigenvalue weighted by Crippen LogP contribution is 2.47. The molecular weight excluding hydrogens is 436 g/mol. The maximum atomic E-state index is 9.44. The summed E-state index contributed by atoms with van der Waals surface area (Å²) < 4.78 is 1.08. The Labute approximate surface area is 186 Å². The van der Waals surface area contributed by atoms with Crippen molar-refractivity contribution >= 4 is 33.1 Å². The van der Waals surface area contributed by atoms with Crippen LogP contribution in [0.15, 0.2) is 53.0 Å². The molecule has 0 amide bonds. The zero-order chi connectivity index (χ0) is 21.4. The van der Waals surface area contributed by atoms with E-state index in [1.54, 1.807) is 0 Å². The first-order chi connectivity index (χ1) is 14.5. The maximum absolute atomic E-state index is 9.44. The number of nitriles is 1. The zero-order valence-corrected chi connectivity index (χ0v) is 19.4. The highest BCUT2D eigenvalue weighted by Gasteiger charge is 2.37. The van der Waals surface area contributed by atoms with Gasteiger partial charge in [0, 0.05) is 17.2 Å². The van der Waals surface area contributed by atoms with E-state index in [2.05, 4.69) is 77.0 Å². The average Bonchev–Trinajstić information content (AvgIpc) is 3.03. The summed E-state index contributed by atoms with van der Waals surface area (Å²) in [7, 11) is 2.16. The van der Waals surface area contributed by atoms with Gasteiger partial charge in [-0.05, 0) is 71.1 Å². The molecule has 30 heavy (non-hydrogen) atoms. The second-order valence-electron chi connectivity index (χ2n) is 7.76. The number of halogens is 1. The summed E-state index contributed by atoms with van der Waals surface area (Å²) in [6, 6.07) is 18.5. The molecule has 0 spiro atoms. The number of benzene rings is 2. The Morgan fingerprint density at radius 1 is 1.10 bits per heavy atom. The summed E-state index contributed by atoms with van der Waals surface area (Å²) in [6.45, 7) is 6.42. The van der Waals surface area contributed by atoms with E-state index >= 15 is 0 Å². The number of nitrogens with zero attached hydrogens (tertiary/aromatic N) is 4. The van der Waals surface area contributed by atoms with Crippen LogP contribution in [0.1, 0.15) is 36.6 Å². The van der Waals surface area contributed by atoms with E-state index in [0.29, 0.717) is 5.56 Å². The summed E-state index contributed by atoms with van der Waals surface area (Å²) in [5.74, 6) is 1.01. The lowest BCUT2D eigenvalue weighted by Crippen LogP contribution is -2.38. The summed E-state index contributed by atoms with van der Waals surface area (Å²) in [4.78, 5) is 9.66. The molecule has 0 aliphatic carbocycles. The van der Waals surface area contributed by atoms with E-state index < -0.39 is 0 Å². The Balaban J connectivity index is 1.81. The van der Waals surface area contributed by atoms with Gasteiger partial charge in [0.15, 0.2) is 5.82 Å². The molecule has 1 atom stereocenters. The SMILES string of the molecule is CCCC1N(C)c2c(nc(C)c(Br)c2C)N1c1ccc(-c2ccccc2C#N)cc1. The minimum Gasteiger partial charge on any atom is -0.351 e. The number of rotatable bonds is 4. The third-order valence-electron chi connectivity index (χ3n) is 5.86. The Morgan fingerprint density at radius 3 is 2.47 bits per heavy atom. The Bertz CT molecular complexity index is 1130. The van der Waals surface area contributed by atoms with Crippen molar-refractivity contribution in [1.82, 2.24) is 4.98 Å². The van der Waals surface area contributed by atoms with Crippen molar-refractivity contribution < 1.29 is 0 Å².